The van der Waals surface area contributed by atoms with Gasteiger partial charge in [-0.15, -0.1) is 0 Å². The molecule has 3 aromatic carbocycles. The highest BCUT2D eigenvalue weighted by atomic mass is 19.1. The molecule has 212 valence electrons. The summed E-state index contributed by atoms with van der Waals surface area (Å²) in [6, 6.07) is 15.2. The van der Waals surface area contributed by atoms with E-state index in [1.54, 1.807) is 0 Å². The summed E-state index contributed by atoms with van der Waals surface area (Å²) in [5, 5.41) is 0. The fourth-order valence-electron chi connectivity index (χ4n) is 3.05. The third-order valence-corrected chi connectivity index (χ3v) is 5.02. The van der Waals surface area contributed by atoms with Crippen LogP contribution in [0.1, 0.15) is 20.7 Å². The molecular weight excluding hydrogens is 539 g/mol. The molecule has 0 amide bonds. The van der Waals surface area contributed by atoms with E-state index in [2.05, 4.69) is 13.2 Å². The van der Waals surface area contributed by atoms with E-state index in [9.17, 15) is 23.6 Å². The lowest BCUT2D eigenvalue weighted by atomic mass is 10.2. The first-order valence-electron chi connectivity index (χ1n) is 12.1. The van der Waals surface area contributed by atoms with Crippen molar-refractivity contribution in [1.82, 2.24) is 0 Å². The summed E-state index contributed by atoms with van der Waals surface area (Å²) in [6.45, 7) is 6.84. The largest absolute Gasteiger partial charge is 0.490 e. The normalized spacial score (nSPS) is 10.1. The van der Waals surface area contributed by atoms with Crippen LogP contribution in [0.4, 0.5) is 4.39 Å². The van der Waals surface area contributed by atoms with Gasteiger partial charge in [-0.1, -0.05) is 13.2 Å². The average Bonchev–Trinajstić information content (AvgIpc) is 2.99. The summed E-state index contributed by atoms with van der Waals surface area (Å²) in [5.74, 6) is -3.22. The Labute approximate surface area is 234 Å². The van der Waals surface area contributed by atoms with Gasteiger partial charge < -0.3 is 28.4 Å². The molecule has 0 N–H and O–H groups in total. The first-order chi connectivity index (χ1) is 19.8. The number of benzene rings is 3. The van der Waals surface area contributed by atoms with Gasteiger partial charge in [0.2, 0.25) is 0 Å². The van der Waals surface area contributed by atoms with Crippen LogP contribution in [-0.2, 0) is 19.1 Å². The Morgan fingerprint density at radius 3 is 1.49 bits per heavy atom. The maximum atomic E-state index is 14.6. The fourth-order valence-corrected chi connectivity index (χ4v) is 3.05. The molecule has 0 atom stereocenters. The van der Waals surface area contributed by atoms with E-state index >= 15 is 0 Å². The van der Waals surface area contributed by atoms with Crippen LogP contribution in [-0.4, -0.2) is 50.3 Å². The summed E-state index contributed by atoms with van der Waals surface area (Å²) in [7, 11) is 0. The predicted molar refractivity (Wildman–Crippen MR) is 143 cm³/mol. The molecule has 0 saturated carbocycles. The van der Waals surface area contributed by atoms with Crippen molar-refractivity contribution in [2.45, 2.75) is 0 Å². The molecule has 0 spiro atoms. The third-order valence-electron chi connectivity index (χ3n) is 5.02. The Bertz CT molecular complexity index is 1400. The van der Waals surface area contributed by atoms with Crippen molar-refractivity contribution in [2.24, 2.45) is 0 Å². The van der Waals surface area contributed by atoms with E-state index in [-0.39, 0.29) is 49.1 Å². The molecule has 0 aliphatic carbocycles. The van der Waals surface area contributed by atoms with Crippen LogP contribution in [0.2, 0.25) is 0 Å². The van der Waals surface area contributed by atoms with Gasteiger partial charge in [0.05, 0.1) is 11.1 Å². The molecule has 0 fully saturated rings. The maximum Gasteiger partial charge on any atom is 0.343 e. The summed E-state index contributed by atoms with van der Waals surface area (Å²) in [6.07, 6.45) is 2.08. The van der Waals surface area contributed by atoms with Crippen LogP contribution in [0.25, 0.3) is 0 Å². The van der Waals surface area contributed by atoms with Gasteiger partial charge in [-0.05, 0) is 60.7 Å². The molecule has 0 aliphatic rings. The Hall–Kier alpha value is -5.45. The van der Waals surface area contributed by atoms with Crippen LogP contribution < -0.4 is 18.9 Å². The van der Waals surface area contributed by atoms with Crippen molar-refractivity contribution in [3.05, 3.63) is 109 Å². The van der Waals surface area contributed by atoms with Crippen molar-refractivity contribution in [3.63, 3.8) is 0 Å². The SMILES string of the molecule is C=CC(=O)OCCOc1ccc(C(=O)Oc2ccc(OC(=O)c3ccc(OCCOC(=O)C=C)cc3)c(F)c2)cc1. The molecule has 0 bridgehead atoms. The standard InChI is InChI=1S/C30H25FO10/c1-3-27(32)38-17-15-36-22-9-5-20(6-10-22)29(34)40-24-13-14-26(25(31)19-24)41-30(35)21-7-11-23(12-8-21)37-16-18-39-28(33)4-2/h3-14,19H,1-2,15-18H2. The van der Waals surface area contributed by atoms with Crippen molar-refractivity contribution >= 4 is 23.9 Å². The number of ether oxygens (including phenoxy) is 6. The minimum atomic E-state index is -0.918. The summed E-state index contributed by atoms with van der Waals surface area (Å²) < 4.78 is 45.3. The monoisotopic (exact) mass is 564 g/mol. The number of carbonyl (C=O) groups is 4. The molecule has 3 aromatic rings. The van der Waals surface area contributed by atoms with Gasteiger partial charge >= 0.3 is 23.9 Å². The molecule has 0 aromatic heterocycles. The average molecular weight is 565 g/mol. The Morgan fingerprint density at radius 2 is 1.05 bits per heavy atom. The van der Waals surface area contributed by atoms with E-state index in [0.717, 1.165) is 24.3 Å². The summed E-state index contributed by atoms with van der Waals surface area (Å²) in [5.41, 5.74) is 0.312. The molecule has 41 heavy (non-hydrogen) atoms. The highest BCUT2D eigenvalue weighted by Gasteiger charge is 2.15. The van der Waals surface area contributed by atoms with Gasteiger partial charge in [-0.25, -0.2) is 23.6 Å². The summed E-state index contributed by atoms with van der Waals surface area (Å²) >= 11 is 0. The number of esters is 4. The number of halogens is 1. The molecule has 0 heterocycles. The smallest absolute Gasteiger partial charge is 0.343 e. The van der Waals surface area contributed by atoms with E-state index < -0.39 is 29.7 Å². The number of hydrogen-bond donors (Lipinski definition) is 0. The molecular formula is C30H25FO10. The van der Waals surface area contributed by atoms with E-state index in [1.807, 2.05) is 0 Å². The Balaban J connectivity index is 1.49. The zero-order chi connectivity index (χ0) is 29.6. The van der Waals surface area contributed by atoms with Gasteiger partial charge in [-0.2, -0.15) is 0 Å². The minimum absolute atomic E-state index is 0.0262. The zero-order valence-corrected chi connectivity index (χ0v) is 21.7. The lowest BCUT2D eigenvalue weighted by Crippen LogP contribution is -2.12. The highest BCUT2D eigenvalue weighted by molar-refractivity contribution is 5.92. The third kappa shape index (κ3) is 9.66. The first-order valence-corrected chi connectivity index (χ1v) is 12.1. The second-order valence-electron chi connectivity index (χ2n) is 7.86. The van der Waals surface area contributed by atoms with Crippen LogP contribution in [0.3, 0.4) is 0 Å². The van der Waals surface area contributed by atoms with Crippen molar-refractivity contribution in [2.75, 3.05) is 26.4 Å². The topological polar surface area (TPSA) is 124 Å². The van der Waals surface area contributed by atoms with Gasteiger partial charge in [0, 0.05) is 18.2 Å². The molecule has 0 saturated heterocycles. The Morgan fingerprint density at radius 1 is 0.610 bits per heavy atom. The van der Waals surface area contributed by atoms with Crippen molar-refractivity contribution < 1.29 is 52.0 Å². The van der Waals surface area contributed by atoms with E-state index in [1.165, 1.54) is 54.6 Å². The second kappa shape index (κ2) is 15.2. The molecule has 11 heteroatoms. The van der Waals surface area contributed by atoms with Crippen LogP contribution in [0.15, 0.2) is 92.0 Å². The van der Waals surface area contributed by atoms with Gasteiger partial charge in [0.1, 0.15) is 43.7 Å². The van der Waals surface area contributed by atoms with E-state index in [0.29, 0.717) is 11.5 Å². The van der Waals surface area contributed by atoms with Crippen LogP contribution in [0, 0.1) is 5.82 Å². The van der Waals surface area contributed by atoms with Crippen LogP contribution >= 0.6 is 0 Å². The molecule has 0 aliphatic heterocycles. The molecule has 3 rings (SSSR count). The molecule has 0 unspecified atom stereocenters. The number of rotatable bonds is 14. The van der Waals surface area contributed by atoms with E-state index in [4.69, 9.17) is 28.4 Å². The lowest BCUT2D eigenvalue weighted by molar-refractivity contribution is -0.139. The molecule has 0 radical (unpaired) electrons. The lowest BCUT2D eigenvalue weighted by Gasteiger charge is -2.10. The minimum Gasteiger partial charge on any atom is -0.490 e. The first kappa shape index (κ1) is 30.1. The Kier molecular flexibility index (Phi) is 11.2. The fraction of sp³-hybridized carbons (Fsp3) is 0.133. The maximum absolute atomic E-state index is 14.6. The van der Waals surface area contributed by atoms with Gasteiger partial charge in [0.25, 0.3) is 0 Å². The van der Waals surface area contributed by atoms with Crippen LogP contribution in [0.5, 0.6) is 23.0 Å². The predicted octanol–water partition coefficient (Wildman–Crippen LogP) is 4.48. The number of hydrogen-bond acceptors (Lipinski definition) is 10. The summed E-state index contributed by atoms with van der Waals surface area (Å²) in [4.78, 5) is 46.9. The zero-order valence-electron chi connectivity index (χ0n) is 21.7. The quantitative estimate of drug-likeness (QED) is 0.120. The second-order valence-corrected chi connectivity index (χ2v) is 7.86. The highest BCUT2D eigenvalue weighted by Crippen LogP contribution is 2.25. The van der Waals surface area contributed by atoms with Crippen molar-refractivity contribution in [1.29, 1.82) is 0 Å². The van der Waals surface area contributed by atoms with Gasteiger partial charge in [0.15, 0.2) is 11.6 Å². The molecule has 10 nitrogen and oxygen atoms in total. The van der Waals surface area contributed by atoms with Gasteiger partial charge in [-0.3, -0.25) is 0 Å². The number of carbonyl (C=O) groups excluding carboxylic acids is 4. The van der Waals surface area contributed by atoms with Crippen molar-refractivity contribution in [3.8, 4) is 23.0 Å².